The molecule has 0 atom stereocenters. The van der Waals surface area contributed by atoms with Gasteiger partial charge in [0.25, 0.3) is 0 Å². The molecule has 7 heteroatoms. The molecule has 0 radical (unpaired) electrons. The summed E-state index contributed by atoms with van der Waals surface area (Å²) >= 11 is 1.49. The molecule has 2 aromatic heterocycles. The van der Waals surface area contributed by atoms with Crippen LogP contribution >= 0.6 is 11.3 Å². The predicted molar refractivity (Wildman–Crippen MR) is 92.3 cm³/mol. The maximum atomic E-state index is 12.1. The van der Waals surface area contributed by atoms with E-state index >= 15 is 0 Å². The molecule has 0 bridgehead atoms. The van der Waals surface area contributed by atoms with Crippen molar-refractivity contribution in [1.29, 1.82) is 0 Å². The molecule has 0 saturated heterocycles. The molecule has 124 valence electrons. The van der Waals surface area contributed by atoms with Crippen LogP contribution in [0.3, 0.4) is 0 Å². The van der Waals surface area contributed by atoms with E-state index in [4.69, 9.17) is 9.26 Å². The summed E-state index contributed by atoms with van der Waals surface area (Å²) in [6.45, 7) is 4.31. The lowest BCUT2D eigenvalue weighted by molar-refractivity contribution is -0.115. The normalized spacial score (nSPS) is 10.6. The molecule has 0 aliphatic carbocycles. The minimum absolute atomic E-state index is 0.180. The van der Waals surface area contributed by atoms with Gasteiger partial charge in [0.1, 0.15) is 16.5 Å². The van der Waals surface area contributed by atoms with E-state index in [0.717, 1.165) is 16.3 Å². The Hall–Kier alpha value is -2.67. The molecule has 0 aliphatic heterocycles. The number of nitrogens with one attached hydrogen (secondary N) is 1. The summed E-state index contributed by atoms with van der Waals surface area (Å²) in [4.78, 5) is 16.6. The van der Waals surface area contributed by atoms with E-state index in [1.165, 1.54) is 11.3 Å². The first-order valence-electron chi connectivity index (χ1n) is 7.55. The highest BCUT2D eigenvalue weighted by molar-refractivity contribution is 7.13. The van der Waals surface area contributed by atoms with Crippen LogP contribution in [0.4, 0.5) is 5.82 Å². The number of rotatable bonds is 6. The molecule has 24 heavy (non-hydrogen) atoms. The van der Waals surface area contributed by atoms with Gasteiger partial charge in [0.15, 0.2) is 5.82 Å². The second-order valence-electron chi connectivity index (χ2n) is 5.12. The topological polar surface area (TPSA) is 77.2 Å². The Balaban J connectivity index is 1.70. The van der Waals surface area contributed by atoms with E-state index in [2.05, 4.69) is 15.5 Å². The van der Waals surface area contributed by atoms with Crippen molar-refractivity contribution in [2.24, 2.45) is 0 Å². The quantitative estimate of drug-likeness (QED) is 0.738. The maximum absolute atomic E-state index is 12.1. The number of benzene rings is 1. The highest BCUT2D eigenvalue weighted by Crippen LogP contribution is 2.32. The van der Waals surface area contributed by atoms with Gasteiger partial charge in [-0.2, -0.15) is 0 Å². The summed E-state index contributed by atoms with van der Waals surface area (Å²) in [6, 6.07) is 9.42. The zero-order valence-electron chi connectivity index (χ0n) is 13.4. The molecule has 6 nitrogen and oxygen atoms in total. The Morgan fingerprint density at radius 2 is 2.21 bits per heavy atom. The van der Waals surface area contributed by atoms with Gasteiger partial charge in [0.2, 0.25) is 5.91 Å². The van der Waals surface area contributed by atoms with E-state index in [1.54, 1.807) is 13.0 Å². The van der Waals surface area contributed by atoms with Crippen molar-refractivity contribution in [3.63, 3.8) is 0 Å². The van der Waals surface area contributed by atoms with Crippen molar-refractivity contribution < 1.29 is 14.1 Å². The van der Waals surface area contributed by atoms with Gasteiger partial charge in [-0.15, -0.1) is 11.3 Å². The van der Waals surface area contributed by atoms with Crippen LogP contribution in [0.1, 0.15) is 18.4 Å². The number of para-hydroxylation sites is 1. The zero-order valence-corrected chi connectivity index (χ0v) is 14.2. The fraction of sp³-hybridized carbons (Fsp3) is 0.235. The lowest BCUT2D eigenvalue weighted by atomic mass is 10.2. The van der Waals surface area contributed by atoms with Crippen LogP contribution in [0.2, 0.25) is 0 Å². The minimum atomic E-state index is -0.182. The van der Waals surface area contributed by atoms with E-state index in [-0.39, 0.29) is 12.3 Å². The average molecular weight is 343 g/mol. The van der Waals surface area contributed by atoms with Crippen molar-refractivity contribution in [3.05, 3.63) is 47.2 Å². The van der Waals surface area contributed by atoms with Crippen LogP contribution in [0.15, 0.2) is 40.2 Å². The van der Waals surface area contributed by atoms with E-state index in [9.17, 15) is 4.79 Å². The van der Waals surface area contributed by atoms with E-state index < -0.39 is 0 Å². The van der Waals surface area contributed by atoms with Crippen LogP contribution in [-0.4, -0.2) is 22.7 Å². The molecule has 1 amide bonds. The van der Waals surface area contributed by atoms with E-state index in [0.29, 0.717) is 23.9 Å². The first-order chi connectivity index (χ1) is 11.7. The lowest BCUT2D eigenvalue weighted by Gasteiger charge is -2.07. The third kappa shape index (κ3) is 3.80. The first-order valence-corrected chi connectivity index (χ1v) is 8.43. The summed E-state index contributed by atoms with van der Waals surface area (Å²) in [7, 11) is 0. The lowest BCUT2D eigenvalue weighted by Crippen LogP contribution is -2.14. The van der Waals surface area contributed by atoms with Crippen LogP contribution < -0.4 is 10.1 Å². The summed E-state index contributed by atoms with van der Waals surface area (Å²) in [6.07, 6.45) is 0.180. The summed E-state index contributed by atoms with van der Waals surface area (Å²) in [5, 5.41) is 9.14. The molecule has 3 aromatic rings. The van der Waals surface area contributed by atoms with Gasteiger partial charge >= 0.3 is 0 Å². The molecule has 3 rings (SSSR count). The first kappa shape index (κ1) is 16.2. The third-order valence-electron chi connectivity index (χ3n) is 3.21. The number of thiazole rings is 1. The highest BCUT2D eigenvalue weighted by Gasteiger charge is 2.13. The zero-order chi connectivity index (χ0) is 16.9. The number of carbonyl (C=O) groups is 1. The number of aromatic nitrogens is 2. The van der Waals surface area contributed by atoms with Gasteiger partial charge in [-0.05, 0) is 26.0 Å². The van der Waals surface area contributed by atoms with Crippen molar-refractivity contribution in [2.45, 2.75) is 20.3 Å². The van der Waals surface area contributed by atoms with Gasteiger partial charge in [-0.3, -0.25) is 4.79 Å². The molecular weight excluding hydrogens is 326 g/mol. The summed E-state index contributed by atoms with van der Waals surface area (Å²) in [5.41, 5.74) is 1.64. The SMILES string of the molecule is CCOc1ccccc1-c1nc(CC(=O)Nc2cc(C)on2)cs1. The Morgan fingerprint density at radius 3 is 2.96 bits per heavy atom. The fourth-order valence-electron chi connectivity index (χ4n) is 2.21. The number of anilines is 1. The Labute approximate surface area is 143 Å². The van der Waals surface area contributed by atoms with Crippen molar-refractivity contribution in [3.8, 4) is 16.3 Å². The smallest absolute Gasteiger partial charge is 0.231 e. The highest BCUT2D eigenvalue weighted by atomic mass is 32.1. The standard InChI is InChI=1S/C17H17N3O3S/c1-3-22-14-7-5-4-6-13(14)17-18-12(10-24-17)9-16(21)19-15-8-11(2)23-20-15/h4-8,10H,3,9H2,1-2H3,(H,19,20,21). The molecule has 0 unspecified atom stereocenters. The minimum Gasteiger partial charge on any atom is -0.493 e. The second kappa shape index (κ2) is 7.27. The predicted octanol–water partition coefficient (Wildman–Crippen LogP) is 3.69. The second-order valence-corrected chi connectivity index (χ2v) is 5.98. The van der Waals surface area contributed by atoms with Crippen molar-refractivity contribution in [1.82, 2.24) is 10.1 Å². The molecule has 0 spiro atoms. The monoisotopic (exact) mass is 343 g/mol. The van der Waals surface area contributed by atoms with Crippen molar-refractivity contribution >= 4 is 23.1 Å². The average Bonchev–Trinajstić information content (AvgIpc) is 3.17. The Bertz CT molecular complexity index is 841. The van der Waals surface area contributed by atoms with Gasteiger partial charge in [-0.1, -0.05) is 17.3 Å². The summed E-state index contributed by atoms with van der Waals surface area (Å²) in [5.74, 6) is 1.67. The number of hydrogen-bond acceptors (Lipinski definition) is 6. The Morgan fingerprint density at radius 1 is 1.38 bits per heavy atom. The largest absolute Gasteiger partial charge is 0.493 e. The van der Waals surface area contributed by atoms with Crippen LogP contribution in [0.5, 0.6) is 5.75 Å². The maximum Gasteiger partial charge on any atom is 0.231 e. The molecule has 0 aliphatic rings. The number of carbonyl (C=O) groups excluding carboxylic acids is 1. The van der Waals surface area contributed by atoms with Gasteiger partial charge in [0.05, 0.1) is 24.3 Å². The van der Waals surface area contributed by atoms with Crippen LogP contribution in [0.25, 0.3) is 10.6 Å². The number of nitrogens with zero attached hydrogens (tertiary/aromatic N) is 2. The molecule has 1 aromatic carbocycles. The molecular formula is C17H17N3O3S. The molecule has 0 fully saturated rings. The fourth-order valence-corrected chi connectivity index (χ4v) is 3.06. The third-order valence-corrected chi connectivity index (χ3v) is 4.13. The van der Waals surface area contributed by atoms with Gasteiger partial charge in [-0.25, -0.2) is 4.98 Å². The molecule has 2 heterocycles. The van der Waals surface area contributed by atoms with Gasteiger partial charge < -0.3 is 14.6 Å². The van der Waals surface area contributed by atoms with Crippen molar-refractivity contribution in [2.75, 3.05) is 11.9 Å². The Kier molecular flexibility index (Phi) is 4.90. The number of amides is 1. The number of aryl methyl sites for hydroxylation is 1. The van der Waals surface area contributed by atoms with Gasteiger partial charge in [0, 0.05) is 11.4 Å². The van der Waals surface area contributed by atoms with E-state index in [1.807, 2.05) is 36.6 Å². The summed E-state index contributed by atoms with van der Waals surface area (Å²) < 4.78 is 10.6. The number of ether oxygens (including phenoxy) is 1. The number of hydrogen-bond donors (Lipinski definition) is 1. The molecule has 0 saturated carbocycles. The van der Waals surface area contributed by atoms with Crippen LogP contribution in [0, 0.1) is 6.92 Å². The van der Waals surface area contributed by atoms with Crippen LogP contribution in [-0.2, 0) is 11.2 Å². The molecule has 1 N–H and O–H groups in total.